The Hall–Kier alpha value is -2.82. The van der Waals surface area contributed by atoms with Crippen LogP contribution in [0, 0.1) is 5.41 Å². The predicted octanol–water partition coefficient (Wildman–Crippen LogP) is 1.81. The van der Waals surface area contributed by atoms with Gasteiger partial charge in [-0.25, -0.2) is 9.07 Å². The Kier molecular flexibility index (Phi) is 9.58. The quantitative estimate of drug-likeness (QED) is 0.260. The van der Waals surface area contributed by atoms with E-state index in [9.17, 15) is 18.8 Å². The van der Waals surface area contributed by atoms with Crippen molar-refractivity contribution >= 4 is 23.9 Å². The molecule has 0 amide bonds. The summed E-state index contributed by atoms with van der Waals surface area (Å²) in [5.74, 6) is -0.274. The number of ether oxygens (including phenoxy) is 2. The van der Waals surface area contributed by atoms with Gasteiger partial charge in [0.15, 0.2) is 5.75 Å². The third-order valence-corrected chi connectivity index (χ3v) is 7.15. The fourth-order valence-corrected chi connectivity index (χ4v) is 4.73. The number of halogens is 2. The lowest BCUT2D eigenvalue weighted by Gasteiger charge is -2.39. The SMILES string of the molecule is COc1cnn(C)c(=O)c1-c1ccc(C[C@H](NCC2(C=O)CC(F)CCC2Cl)C(=O)OCCO)cc1. The third-order valence-electron chi connectivity index (χ3n) is 6.50. The van der Waals surface area contributed by atoms with Crippen molar-refractivity contribution in [2.45, 2.75) is 43.3 Å². The third kappa shape index (κ3) is 6.29. The van der Waals surface area contributed by atoms with Crippen LogP contribution in [0.3, 0.4) is 0 Å². The van der Waals surface area contributed by atoms with Crippen LogP contribution in [0.25, 0.3) is 11.1 Å². The number of hydrogen-bond donors (Lipinski definition) is 2. The standard InChI is InChI=1S/C25H31ClFN3O6/c1-30-23(33)22(20(35-2)13-29-30)17-5-3-16(4-6-17)11-19(24(34)36-10-9-31)28-14-25(15-32)12-18(27)7-8-21(25)26/h3-6,13,15,18-19,21,28,31H,7-12,14H2,1-2H3/t18?,19-,21?,25?/m0/s1. The lowest BCUT2D eigenvalue weighted by Crippen LogP contribution is -2.52. The molecule has 9 nitrogen and oxygen atoms in total. The number of esters is 1. The highest BCUT2D eigenvalue weighted by molar-refractivity contribution is 6.22. The van der Waals surface area contributed by atoms with Crippen molar-refractivity contribution in [2.24, 2.45) is 12.5 Å². The normalized spacial score (nSPS) is 22.6. The van der Waals surface area contributed by atoms with Gasteiger partial charge in [-0.15, -0.1) is 11.6 Å². The number of hydrogen-bond acceptors (Lipinski definition) is 8. The van der Waals surface area contributed by atoms with Crippen molar-refractivity contribution in [1.82, 2.24) is 15.1 Å². The summed E-state index contributed by atoms with van der Waals surface area (Å²) in [6.45, 7) is -0.502. The van der Waals surface area contributed by atoms with Gasteiger partial charge in [0.2, 0.25) is 0 Å². The molecule has 1 saturated carbocycles. The molecule has 1 aromatic heterocycles. The number of benzene rings is 1. The van der Waals surface area contributed by atoms with Crippen LogP contribution in [-0.2, 0) is 27.8 Å². The van der Waals surface area contributed by atoms with Crippen LogP contribution in [0.2, 0.25) is 0 Å². The van der Waals surface area contributed by atoms with Gasteiger partial charge >= 0.3 is 5.97 Å². The van der Waals surface area contributed by atoms with E-state index < -0.39 is 29.0 Å². The molecule has 1 heterocycles. The number of carbonyl (C=O) groups is 2. The van der Waals surface area contributed by atoms with Gasteiger partial charge in [0.25, 0.3) is 5.56 Å². The van der Waals surface area contributed by atoms with Gasteiger partial charge in [-0.05, 0) is 36.8 Å². The van der Waals surface area contributed by atoms with Gasteiger partial charge in [-0.2, -0.15) is 5.10 Å². The highest BCUT2D eigenvalue weighted by Gasteiger charge is 2.44. The number of nitrogens with one attached hydrogen (secondary N) is 1. The van der Waals surface area contributed by atoms with Crippen LogP contribution < -0.4 is 15.6 Å². The molecule has 0 bridgehead atoms. The molecule has 2 aromatic rings. The van der Waals surface area contributed by atoms with E-state index in [0.717, 1.165) is 5.56 Å². The first-order chi connectivity index (χ1) is 17.2. The van der Waals surface area contributed by atoms with E-state index in [1.807, 2.05) is 0 Å². The number of carbonyl (C=O) groups excluding carboxylic acids is 2. The lowest BCUT2D eigenvalue weighted by atomic mass is 9.73. The Balaban J connectivity index is 1.81. The summed E-state index contributed by atoms with van der Waals surface area (Å²) in [4.78, 5) is 37.3. The average molecular weight is 524 g/mol. The molecule has 36 heavy (non-hydrogen) atoms. The molecular weight excluding hydrogens is 493 g/mol. The molecule has 1 aliphatic carbocycles. The number of aromatic nitrogens is 2. The molecule has 1 aromatic carbocycles. The molecule has 0 aliphatic heterocycles. The number of nitrogens with zero attached hydrogens (tertiary/aromatic N) is 2. The summed E-state index contributed by atoms with van der Waals surface area (Å²) in [7, 11) is 3.00. The minimum absolute atomic E-state index is 0.00627. The highest BCUT2D eigenvalue weighted by Crippen LogP contribution is 2.39. The molecular formula is C25H31ClFN3O6. The monoisotopic (exact) mass is 523 g/mol. The Bertz CT molecular complexity index is 1110. The van der Waals surface area contributed by atoms with Crippen molar-refractivity contribution in [3.63, 3.8) is 0 Å². The molecule has 1 aliphatic rings. The number of aldehydes is 1. The number of methoxy groups -OCH3 is 1. The van der Waals surface area contributed by atoms with E-state index in [2.05, 4.69) is 10.4 Å². The van der Waals surface area contributed by atoms with Crippen molar-refractivity contribution in [3.05, 3.63) is 46.4 Å². The first-order valence-electron chi connectivity index (χ1n) is 11.7. The molecule has 1 fully saturated rings. The van der Waals surface area contributed by atoms with E-state index in [0.29, 0.717) is 36.0 Å². The molecule has 4 atom stereocenters. The molecule has 196 valence electrons. The second kappa shape index (κ2) is 12.4. The second-order valence-electron chi connectivity index (χ2n) is 8.94. The molecule has 11 heteroatoms. The van der Waals surface area contributed by atoms with Crippen molar-refractivity contribution in [3.8, 4) is 16.9 Å². The molecule has 0 radical (unpaired) electrons. The zero-order valence-electron chi connectivity index (χ0n) is 20.3. The van der Waals surface area contributed by atoms with Gasteiger partial charge in [0, 0.05) is 19.0 Å². The van der Waals surface area contributed by atoms with Crippen molar-refractivity contribution in [2.75, 3.05) is 26.9 Å². The smallest absolute Gasteiger partial charge is 0.323 e. The minimum Gasteiger partial charge on any atom is -0.494 e. The maximum atomic E-state index is 14.1. The molecule has 3 rings (SSSR count). The fourth-order valence-electron chi connectivity index (χ4n) is 4.39. The zero-order chi connectivity index (χ0) is 26.3. The van der Waals surface area contributed by atoms with E-state index >= 15 is 0 Å². The topological polar surface area (TPSA) is 120 Å². The maximum Gasteiger partial charge on any atom is 0.323 e. The Morgan fingerprint density at radius 1 is 1.39 bits per heavy atom. The Morgan fingerprint density at radius 3 is 2.75 bits per heavy atom. The Morgan fingerprint density at radius 2 is 2.11 bits per heavy atom. The van der Waals surface area contributed by atoms with E-state index in [-0.39, 0.29) is 38.2 Å². The summed E-state index contributed by atoms with van der Waals surface area (Å²) in [6, 6.07) is 6.13. The molecule has 2 N–H and O–H groups in total. The average Bonchev–Trinajstić information content (AvgIpc) is 2.88. The van der Waals surface area contributed by atoms with Crippen LogP contribution in [-0.4, -0.2) is 71.6 Å². The summed E-state index contributed by atoms with van der Waals surface area (Å²) in [6.07, 6.45) is 1.83. The summed E-state index contributed by atoms with van der Waals surface area (Å²) < 4.78 is 25.7. The lowest BCUT2D eigenvalue weighted by molar-refractivity contribution is -0.147. The number of aliphatic hydroxyl groups is 1. The highest BCUT2D eigenvalue weighted by atomic mass is 35.5. The van der Waals surface area contributed by atoms with E-state index in [4.69, 9.17) is 26.2 Å². The first-order valence-corrected chi connectivity index (χ1v) is 12.1. The van der Waals surface area contributed by atoms with Gasteiger partial charge < -0.3 is 24.7 Å². The van der Waals surface area contributed by atoms with E-state index in [1.54, 1.807) is 31.3 Å². The van der Waals surface area contributed by atoms with Crippen molar-refractivity contribution < 1.29 is 28.6 Å². The van der Waals surface area contributed by atoms with Gasteiger partial charge in [0.05, 0.1) is 30.9 Å². The van der Waals surface area contributed by atoms with Crippen LogP contribution in [0.4, 0.5) is 4.39 Å². The summed E-state index contributed by atoms with van der Waals surface area (Å²) in [5.41, 5.74) is 0.264. The van der Waals surface area contributed by atoms with Crippen LogP contribution in [0.15, 0.2) is 35.3 Å². The maximum absolute atomic E-state index is 14.1. The fraction of sp³-hybridized carbons (Fsp3) is 0.520. The Labute approximate surface area is 213 Å². The first kappa shape index (κ1) is 27.8. The van der Waals surface area contributed by atoms with Gasteiger partial charge in [-0.3, -0.25) is 9.59 Å². The van der Waals surface area contributed by atoms with Crippen LogP contribution in [0.1, 0.15) is 24.8 Å². The zero-order valence-corrected chi connectivity index (χ0v) is 21.0. The molecule has 0 saturated heterocycles. The van der Waals surface area contributed by atoms with Crippen LogP contribution >= 0.6 is 11.6 Å². The van der Waals surface area contributed by atoms with Gasteiger partial charge in [0.1, 0.15) is 25.1 Å². The van der Waals surface area contributed by atoms with Gasteiger partial charge in [-0.1, -0.05) is 24.3 Å². The van der Waals surface area contributed by atoms with Crippen molar-refractivity contribution in [1.29, 1.82) is 0 Å². The number of alkyl halides is 2. The van der Waals surface area contributed by atoms with Crippen LogP contribution in [0.5, 0.6) is 5.75 Å². The number of aliphatic hydroxyl groups excluding tert-OH is 1. The number of rotatable bonds is 11. The largest absolute Gasteiger partial charge is 0.494 e. The number of aryl methyl sites for hydroxylation is 1. The predicted molar refractivity (Wildman–Crippen MR) is 132 cm³/mol. The minimum atomic E-state index is -1.14. The molecule has 3 unspecified atom stereocenters. The molecule has 0 spiro atoms. The summed E-state index contributed by atoms with van der Waals surface area (Å²) >= 11 is 6.41. The summed E-state index contributed by atoms with van der Waals surface area (Å²) in [5, 5.41) is 15.5. The van der Waals surface area contributed by atoms with E-state index in [1.165, 1.54) is 18.0 Å². The second-order valence-corrected chi connectivity index (χ2v) is 9.47.